The van der Waals surface area contributed by atoms with Gasteiger partial charge in [0, 0.05) is 18.5 Å². The van der Waals surface area contributed by atoms with Crippen LogP contribution in [-0.2, 0) is 17.6 Å². The lowest BCUT2D eigenvalue weighted by atomic mass is 10.0. The smallest absolute Gasteiger partial charge is 0.224 e. The van der Waals surface area contributed by atoms with Crippen LogP contribution in [0.2, 0.25) is 0 Å². The third-order valence-corrected chi connectivity index (χ3v) is 4.58. The molecule has 0 fully saturated rings. The number of nitrogens with zero attached hydrogens (tertiary/aromatic N) is 1. The molecule has 1 heterocycles. The Morgan fingerprint density at radius 2 is 1.88 bits per heavy atom. The van der Waals surface area contributed by atoms with Crippen molar-refractivity contribution in [1.29, 1.82) is 0 Å². The van der Waals surface area contributed by atoms with Gasteiger partial charge in [0.1, 0.15) is 5.82 Å². The van der Waals surface area contributed by atoms with Crippen molar-refractivity contribution in [2.75, 3.05) is 5.32 Å². The molecule has 3 rings (SSSR count). The van der Waals surface area contributed by atoms with Gasteiger partial charge in [0.25, 0.3) is 0 Å². The van der Waals surface area contributed by atoms with Crippen molar-refractivity contribution in [2.24, 2.45) is 0 Å². The molecule has 4 nitrogen and oxygen atoms in total. The number of aryl methyl sites for hydroxylation is 2. The number of carbonyl (C=O) groups is 1. The highest BCUT2D eigenvalue weighted by Crippen LogP contribution is 2.18. The molecular formula is C22H27N3O. The topological polar surface area (TPSA) is 57.8 Å². The molecule has 1 amide bonds. The molecule has 26 heavy (non-hydrogen) atoms. The number of hydrogen-bond acceptors (Lipinski definition) is 2. The summed E-state index contributed by atoms with van der Waals surface area (Å²) in [5.74, 6) is 1.57. The van der Waals surface area contributed by atoms with Gasteiger partial charge < -0.3 is 10.3 Å². The molecule has 0 aliphatic carbocycles. The predicted octanol–water partition coefficient (Wildman–Crippen LogP) is 5.21. The molecule has 0 aliphatic rings. The summed E-state index contributed by atoms with van der Waals surface area (Å²) in [5, 5.41) is 2.98. The van der Waals surface area contributed by atoms with E-state index in [1.807, 2.05) is 18.2 Å². The average Bonchev–Trinajstić information content (AvgIpc) is 3.02. The SMILES string of the molecule is CCCc1nc2ccc(CCC(=O)Nc3ccc(C(C)C)cc3)cc2[nH]1. The van der Waals surface area contributed by atoms with E-state index in [1.54, 1.807) is 0 Å². The Morgan fingerprint density at radius 1 is 1.12 bits per heavy atom. The van der Waals surface area contributed by atoms with Gasteiger partial charge in [-0.2, -0.15) is 0 Å². The fourth-order valence-electron chi connectivity index (χ4n) is 3.05. The highest BCUT2D eigenvalue weighted by molar-refractivity contribution is 5.90. The second-order valence-corrected chi connectivity index (χ2v) is 7.11. The molecule has 0 unspecified atom stereocenters. The molecule has 4 heteroatoms. The van der Waals surface area contributed by atoms with Crippen LogP contribution in [0.15, 0.2) is 42.5 Å². The lowest BCUT2D eigenvalue weighted by molar-refractivity contribution is -0.116. The van der Waals surface area contributed by atoms with Gasteiger partial charge in [0.15, 0.2) is 0 Å². The first-order chi connectivity index (χ1) is 12.5. The van der Waals surface area contributed by atoms with Crippen molar-refractivity contribution in [2.45, 2.75) is 52.4 Å². The highest BCUT2D eigenvalue weighted by Gasteiger charge is 2.07. The van der Waals surface area contributed by atoms with E-state index in [-0.39, 0.29) is 5.91 Å². The Kier molecular flexibility index (Phi) is 5.71. The fourth-order valence-corrected chi connectivity index (χ4v) is 3.05. The summed E-state index contributed by atoms with van der Waals surface area (Å²) in [6, 6.07) is 14.3. The van der Waals surface area contributed by atoms with E-state index in [0.29, 0.717) is 18.8 Å². The van der Waals surface area contributed by atoms with Crippen molar-refractivity contribution < 1.29 is 4.79 Å². The first-order valence-corrected chi connectivity index (χ1v) is 9.42. The number of benzene rings is 2. The number of rotatable bonds is 7. The number of aromatic amines is 1. The summed E-state index contributed by atoms with van der Waals surface area (Å²) in [7, 11) is 0. The molecule has 0 spiro atoms. The van der Waals surface area contributed by atoms with Crippen LogP contribution in [0.25, 0.3) is 11.0 Å². The largest absolute Gasteiger partial charge is 0.342 e. The van der Waals surface area contributed by atoms with Crippen LogP contribution in [0, 0.1) is 0 Å². The zero-order chi connectivity index (χ0) is 18.5. The lowest BCUT2D eigenvalue weighted by Crippen LogP contribution is -2.12. The second-order valence-electron chi connectivity index (χ2n) is 7.11. The summed E-state index contributed by atoms with van der Waals surface area (Å²) < 4.78 is 0. The number of nitrogens with one attached hydrogen (secondary N) is 2. The first-order valence-electron chi connectivity index (χ1n) is 9.42. The Labute approximate surface area is 155 Å². The average molecular weight is 349 g/mol. The summed E-state index contributed by atoms with van der Waals surface area (Å²) in [5.41, 5.74) is 5.32. The van der Waals surface area contributed by atoms with Gasteiger partial charge in [-0.05, 0) is 54.2 Å². The number of fused-ring (bicyclic) bond motifs is 1. The fraction of sp³-hybridized carbons (Fsp3) is 0.364. The molecule has 0 saturated heterocycles. The van der Waals surface area contributed by atoms with Gasteiger partial charge in [0.2, 0.25) is 5.91 Å². The summed E-state index contributed by atoms with van der Waals surface area (Å²) in [4.78, 5) is 20.2. The minimum atomic E-state index is 0.0404. The standard InChI is InChI=1S/C22H27N3O/c1-4-5-21-24-19-12-6-16(14-20(19)25-21)7-13-22(26)23-18-10-8-17(9-11-18)15(2)3/h6,8-12,14-15H,4-5,7,13H2,1-3H3,(H,23,26)(H,24,25). The minimum absolute atomic E-state index is 0.0404. The van der Waals surface area contributed by atoms with Crippen molar-refractivity contribution >= 4 is 22.6 Å². The van der Waals surface area contributed by atoms with E-state index in [4.69, 9.17) is 0 Å². The Balaban J connectivity index is 1.57. The molecular weight excluding hydrogens is 322 g/mol. The van der Waals surface area contributed by atoms with E-state index in [1.165, 1.54) is 5.56 Å². The van der Waals surface area contributed by atoms with Crippen LogP contribution in [0.1, 0.15) is 56.5 Å². The second kappa shape index (κ2) is 8.17. The first kappa shape index (κ1) is 18.2. The molecule has 0 aliphatic heterocycles. The van der Waals surface area contributed by atoms with Crippen LogP contribution in [0.3, 0.4) is 0 Å². The molecule has 0 radical (unpaired) electrons. The maximum atomic E-state index is 12.2. The zero-order valence-corrected chi connectivity index (χ0v) is 15.8. The van der Waals surface area contributed by atoms with Gasteiger partial charge >= 0.3 is 0 Å². The van der Waals surface area contributed by atoms with Crippen molar-refractivity contribution in [3.63, 3.8) is 0 Å². The third-order valence-electron chi connectivity index (χ3n) is 4.58. The van der Waals surface area contributed by atoms with Crippen LogP contribution in [0.4, 0.5) is 5.69 Å². The Morgan fingerprint density at radius 3 is 2.58 bits per heavy atom. The van der Waals surface area contributed by atoms with Crippen LogP contribution < -0.4 is 5.32 Å². The van der Waals surface area contributed by atoms with Crippen molar-refractivity contribution in [3.05, 3.63) is 59.4 Å². The van der Waals surface area contributed by atoms with E-state index in [2.05, 4.69) is 60.3 Å². The number of anilines is 1. The van der Waals surface area contributed by atoms with Crippen molar-refractivity contribution in [3.8, 4) is 0 Å². The van der Waals surface area contributed by atoms with Crippen LogP contribution >= 0.6 is 0 Å². The lowest BCUT2D eigenvalue weighted by Gasteiger charge is -2.08. The van der Waals surface area contributed by atoms with Gasteiger partial charge in [-0.3, -0.25) is 4.79 Å². The number of hydrogen-bond donors (Lipinski definition) is 2. The Bertz CT molecular complexity index is 878. The van der Waals surface area contributed by atoms with E-state index in [0.717, 1.165) is 41.0 Å². The number of aromatic nitrogens is 2. The summed E-state index contributed by atoms with van der Waals surface area (Å²) >= 11 is 0. The monoisotopic (exact) mass is 349 g/mol. The number of amides is 1. The van der Waals surface area contributed by atoms with Crippen LogP contribution in [0.5, 0.6) is 0 Å². The Hall–Kier alpha value is -2.62. The molecule has 0 atom stereocenters. The third kappa shape index (κ3) is 4.51. The van der Waals surface area contributed by atoms with Crippen LogP contribution in [-0.4, -0.2) is 15.9 Å². The molecule has 136 valence electrons. The maximum absolute atomic E-state index is 12.2. The molecule has 2 aromatic carbocycles. The normalized spacial score (nSPS) is 11.2. The van der Waals surface area contributed by atoms with Gasteiger partial charge in [-0.1, -0.05) is 39.0 Å². The van der Waals surface area contributed by atoms with E-state index >= 15 is 0 Å². The van der Waals surface area contributed by atoms with Gasteiger partial charge in [-0.25, -0.2) is 4.98 Å². The number of H-pyrrole nitrogens is 1. The number of imidazole rings is 1. The highest BCUT2D eigenvalue weighted by atomic mass is 16.1. The minimum Gasteiger partial charge on any atom is -0.342 e. The summed E-state index contributed by atoms with van der Waals surface area (Å²) in [6.45, 7) is 6.47. The number of carbonyl (C=O) groups excluding carboxylic acids is 1. The zero-order valence-electron chi connectivity index (χ0n) is 15.8. The molecule has 1 aromatic heterocycles. The molecule has 3 aromatic rings. The molecule has 0 saturated carbocycles. The van der Waals surface area contributed by atoms with Gasteiger partial charge in [0.05, 0.1) is 11.0 Å². The van der Waals surface area contributed by atoms with Gasteiger partial charge in [-0.15, -0.1) is 0 Å². The molecule has 0 bridgehead atoms. The predicted molar refractivity (Wildman–Crippen MR) is 108 cm³/mol. The quantitative estimate of drug-likeness (QED) is 0.615. The maximum Gasteiger partial charge on any atom is 0.224 e. The summed E-state index contributed by atoms with van der Waals surface area (Å²) in [6.07, 6.45) is 3.22. The molecule has 2 N–H and O–H groups in total. The van der Waals surface area contributed by atoms with E-state index in [9.17, 15) is 4.79 Å². The van der Waals surface area contributed by atoms with Crippen molar-refractivity contribution in [1.82, 2.24) is 9.97 Å². The van der Waals surface area contributed by atoms with E-state index < -0.39 is 0 Å².